The number of amides is 4. The Morgan fingerprint density at radius 1 is 0.980 bits per heavy atom. The number of likely N-dealkylation sites (tertiary alicyclic amines) is 1. The van der Waals surface area contributed by atoms with E-state index in [1.165, 1.54) is 18.6 Å². The molecule has 3 fully saturated rings. The number of Topliss-reactive ketones (excluding diaryl/α,β-unsaturated/α-hetero) is 1. The first-order chi connectivity index (χ1) is 23.2. The number of aliphatic hydroxyl groups excluding tert-OH is 1. The van der Waals surface area contributed by atoms with Gasteiger partial charge < -0.3 is 26.0 Å². The van der Waals surface area contributed by atoms with Crippen LogP contribution in [0.5, 0.6) is 0 Å². The minimum Gasteiger partial charge on any atom is -0.373 e. The van der Waals surface area contributed by atoms with Gasteiger partial charge in [0.1, 0.15) is 24.0 Å². The summed E-state index contributed by atoms with van der Waals surface area (Å²) in [6, 6.07) is -3.64. The number of aliphatic hydroxyl groups is 1. The number of rotatable bonds is 15. The van der Waals surface area contributed by atoms with E-state index in [4.69, 9.17) is 0 Å². The monoisotopic (exact) mass is 683 g/mol. The third-order valence-corrected chi connectivity index (χ3v) is 10.2. The average molecular weight is 684 g/mol. The first-order valence-electron chi connectivity index (χ1n) is 18.2. The molecule has 1 saturated heterocycles. The van der Waals surface area contributed by atoms with Crippen LogP contribution in [0.1, 0.15) is 118 Å². The Hall–Kier alpha value is -3.45. The minimum absolute atomic E-state index is 0.00965. The van der Waals surface area contributed by atoms with Gasteiger partial charge in [-0.1, -0.05) is 67.2 Å². The molecule has 13 heteroatoms. The SMILES string of the molecule is CCC[C@H](NC(=O)[C@@H]1[C@@H](C(C)C)CCN1C(=O)[C@@H](NC(=O)[C@@H](NC(O)c1cnccn1)C1CCCCC1)C(C)(C)C)C(=O)C(=O)NC1CC1. The summed E-state index contributed by atoms with van der Waals surface area (Å²) in [7, 11) is 0. The van der Waals surface area contributed by atoms with Gasteiger partial charge in [0.2, 0.25) is 23.5 Å². The van der Waals surface area contributed by atoms with Crippen LogP contribution < -0.4 is 21.3 Å². The van der Waals surface area contributed by atoms with Gasteiger partial charge in [-0.25, -0.2) is 0 Å². The number of nitrogens with zero attached hydrogens (tertiary/aromatic N) is 3. The Kier molecular flexibility index (Phi) is 13.3. The summed E-state index contributed by atoms with van der Waals surface area (Å²) in [6.07, 6.45) is 10.9. The van der Waals surface area contributed by atoms with Gasteiger partial charge in [0, 0.05) is 25.0 Å². The number of carbonyl (C=O) groups is 5. The molecule has 6 atom stereocenters. The van der Waals surface area contributed by atoms with E-state index in [2.05, 4.69) is 31.2 Å². The van der Waals surface area contributed by atoms with Gasteiger partial charge in [0.15, 0.2) is 0 Å². The zero-order valence-corrected chi connectivity index (χ0v) is 30.0. The van der Waals surface area contributed by atoms with Crippen molar-refractivity contribution in [3.05, 3.63) is 24.3 Å². The van der Waals surface area contributed by atoms with Gasteiger partial charge in [-0.15, -0.1) is 0 Å². The standard InChI is InChI=1S/C36H57N7O6/c1-7-11-25(29(44)34(48)39-23-14-15-23)40-33(47)28-24(21(2)3)16-19-43(28)35(49)30(36(4,5)6)42-32(46)27(22-12-9-8-10-13-22)41-31(45)26-20-37-17-18-38-26/h17-18,20-25,27-28,30-31,41,45H,7-16,19H2,1-6H3,(H,39,48)(H,40,47)(H,42,46)/t24-,25+,27+,28+,30-,31?/m1/s1. The predicted molar refractivity (Wildman–Crippen MR) is 183 cm³/mol. The van der Waals surface area contributed by atoms with Crippen LogP contribution in [0.15, 0.2) is 18.6 Å². The summed E-state index contributed by atoms with van der Waals surface area (Å²) < 4.78 is 0. The van der Waals surface area contributed by atoms with Crippen molar-refractivity contribution >= 4 is 29.4 Å². The molecule has 13 nitrogen and oxygen atoms in total. The van der Waals surface area contributed by atoms with Crippen LogP contribution >= 0.6 is 0 Å². The highest BCUT2D eigenvalue weighted by Gasteiger charge is 2.48. The third kappa shape index (κ3) is 10.1. The summed E-state index contributed by atoms with van der Waals surface area (Å²) in [5, 5.41) is 22.7. The zero-order valence-electron chi connectivity index (χ0n) is 30.0. The highest BCUT2D eigenvalue weighted by atomic mass is 16.3. The first-order valence-corrected chi connectivity index (χ1v) is 18.2. The fourth-order valence-corrected chi connectivity index (χ4v) is 7.20. The Morgan fingerprint density at radius 2 is 1.67 bits per heavy atom. The molecule has 4 rings (SSSR count). The Balaban J connectivity index is 1.56. The fraction of sp³-hybridized carbons (Fsp3) is 0.750. The number of hydrogen-bond donors (Lipinski definition) is 5. The molecular weight excluding hydrogens is 626 g/mol. The molecule has 4 amide bonds. The van der Waals surface area contributed by atoms with Crippen molar-refractivity contribution in [3.63, 3.8) is 0 Å². The van der Waals surface area contributed by atoms with Crippen molar-refractivity contribution in [2.75, 3.05) is 6.54 Å². The number of hydrogen-bond acceptors (Lipinski definition) is 9. The lowest BCUT2D eigenvalue weighted by atomic mass is 9.81. The van der Waals surface area contributed by atoms with Crippen molar-refractivity contribution in [2.45, 2.75) is 142 Å². The molecule has 1 aliphatic heterocycles. The first kappa shape index (κ1) is 38.4. The van der Waals surface area contributed by atoms with Crippen LogP contribution in [-0.2, 0) is 24.0 Å². The quantitative estimate of drug-likeness (QED) is 0.137. The van der Waals surface area contributed by atoms with Crippen molar-refractivity contribution < 1.29 is 29.1 Å². The van der Waals surface area contributed by atoms with Crippen molar-refractivity contribution in [1.29, 1.82) is 0 Å². The molecule has 2 saturated carbocycles. The zero-order chi connectivity index (χ0) is 35.9. The van der Waals surface area contributed by atoms with E-state index in [-0.39, 0.29) is 35.4 Å². The number of nitrogens with one attached hydrogen (secondary N) is 4. The molecule has 0 radical (unpaired) electrons. The van der Waals surface area contributed by atoms with E-state index < -0.39 is 59.3 Å². The lowest BCUT2D eigenvalue weighted by molar-refractivity contribution is -0.146. The summed E-state index contributed by atoms with van der Waals surface area (Å²) >= 11 is 0. The van der Waals surface area contributed by atoms with Gasteiger partial charge in [0.05, 0.1) is 18.3 Å². The third-order valence-electron chi connectivity index (χ3n) is 10.2. The maximum absolute atomic E-state index is 14.5. The second-order valence-electron chi connectivity index (χ2n) is 15.5. The van der Waals surface area contributed by atoms with Gasteiger partial charge in [0.25, 0.3) is 5.91 Å². The molecule has 3 aliphatic rings. The molecule has 5 N–H and O–H groups in total. The lowest BCUT2D eigenvalue weighted by Crippen LogP contribution is -2.62. The molecule has 2 heterocycles. The van der Waals surface area contributed by atoms with Crippen molar-refractivity contribution in [1.82, 2.24) is 36.1 Å². The fourth-order valence-electron chi connectivity index (χ4n) is 7.20. The number of ketones is 1. The maximum atomic E-state index is 14.5. The Morgan fingerprint density at radius 3 is 2.24 bits per heavy atom. The van der Waals surface area contributed by atoms with E-state index in [1.54, 1.807) is 4.90 Å². The summed E-state index contributed by atoms with van der Waals surface area (Å²) in [4.78, 5) is 78.3. The van der Waals surface area contributed by atoms with Gasteiger partial charge >= 0.3 is 0 Å². The molecule has 0 aromatic carbocycles. The van der Waals surface area contributed by atoms with Gasteiger partial charge in [-0.05, 0) is 61.7 Å². The molecule has 0 bridgehead atoms. The average Bonchev–Trinajstić information content (AvgIpc) is 3.77. The smallest absolute Gasteiger partial charge is 0.289 e. The molecule has 0 spiro atoms. The van der Waals surface area contributed by atoms with Crippen LogP contribution in [0.4, 0.5) is 0 Å². The van der Waals surface area contributed by atoms with E-state index in [1.807, 2.05) is 41.5 Å². The number of aromatic nitrogens is 2. The van der Waals surface area contributed by atoms with E-state index >= 15 is 0 Å². The summed E-state index contributed by atoms with van der Waals surface area (Å²) in [5.74, 6) is -2.82. The molecule has 1 unspecified atom stereocenters. The van der Waals surface area contributed by atoms with Crippen LogP contribution in [0.2, 0.25) is 0 Å². The summed E-state index contributed by atoms with van der Waals surface area (Å²) in [6.45, 7) is 11.8. The molecule has 272 valence electrons. The van der Waals surface area contributed by atoms with E-state index in [0.29, 0.717) is 25.8 Å². The lowest BCUT2D eigenvalue weighted by Gasteiger charge is -2.39. The highest BCUT2D eigenvalue weighted by molar-refractivity contribution is 6.38. The maximum Gasteiger partial charge on any atom is 0.289 e. The van der Waals surface area contributed by atoms with Crippen LogP contribution in [0, 0.1) is 23.2 Å². The predicted octanol–water partition coefficient (Wildman–Crippen LogP) is 2.54. The summed E-state index contributed by atoms with van der Waals surface area (Å²) in [5.41, 5.74) is -0.443. The van der Waals surface area contributed by atoms with Crippen LogP contribution in [-0.4, -0.2) is 86.1 Å². The normalized spacial score (nSPS) is 22.6. The molecule has 49 heavy (non-hydrogen) atoms. The van der Waals surface area contributed by atoms with E-state index in [9.17, 15) is 29.1 Å². The second-order valence-corrected chi connectivity index (χ2v) is 15.5. The van der Waals surface area contributed by atoms with Crippen LogP contribution in [0.25, 0.3) is 0 Å². The van der Waals surface area contributed by atoms with Crippen molar-refractivity contribution in [3.8, 4) is 0 Å². The minimum atomic E-state index is -1.24. The van der Waals surface area contributed by atoms with Crippen molar-refractivity contribution in [2.24, 2.45) is 23.2 Å². The van der Waals surface area contributed by atoms with Crippen LogP contribution in [0.3, 0.4) is 0 Å². The van der Waals surface area contributed by atoms with E-state index in [0.717, 1.165) is 44.9 Å². The Labute approximate surface area is 290 Å². The largest absolute Gasteiger partial charge is 0.373 e. The molecule has 2 aliphatic carbocycles. The molecule has 1 aromatic heterocycles. The second kappa shape index (κ2) is 17.0. The molecule has 1 aromatic rings. The molecular formula is C36H57N7O6. The Bertz CT molecular complexity index is 1310. The number of carbonyl (C=O) groups excluding carboxylic acids is 5. The van der Waals surface area contributed by atoms with Gasteiger partial charge in [-0.2, -0.15) is 0 Å². The highest BCUT2D eigenvalue weighted by Crippen LogP contribution is 2.34. The van der Waals surface area contributed by atoms with Gasteiger partial charge in [-0.3, -0.25) is 39.3 Å². The topological polar surface area (TPSA) is 183 Å².